The Morgan fingerprint density at radius 3 is 2.60 bits per heavy atom. The molecular weight excluding hydrogens is 367 g/mol. The van der Waals surface area contributed by atoms with Gasteiger partial charge in [-0.25, -0.2) is 9.78 Å². The van der Waals surface area contributed by atoms with Crippen molar-refractivity contribution in [2.75, 3.05) is 11.1 Å². The Morgan fingerprint density at radius 1 is 1.28 bits per heavy atom. The quantitative estimate of drug-likeness (QED) is 0.498. The molecular formula is C14H12N6O4V. The number of carboxylic acids is 1. The second-order valence-corrected chi connectivity index (χ2v) is 4.93. The molecule has 2 heterocycles. The number of nitrogens with zero attached hydrogens (tertiary/aromatic N) is 3. The maximum Gasteiger partial charge on any atom is 0.335 e. The summed E-state index contributed by atoms with van der Waals surface area (Å²) >= 11 is 0. The number of rotatable bonds is 4. The molecule has 3 rings (SSSR count). The van der Waals surface area contributed by atoms with E-state index >= 15 is 0 Å². The van der Waals surface area contributed by atoms with E-state index in [1.165, 1.54) is 35.2 Å². The molecule has 25 heavy (non-hydrogen) atoms. The fourth-order valence-corrected chi connectivity index (χ4v) is 2.14. The third kappa shape index (κ3) is 3.87. The Labute approximate surface area is 152 Å². The molecule has 11 heteroatoms. The van der Waals surface area contributed by atoms with Crippen LogP contribution >= 0.6 is 0 Å². The monoisotopic (exact) mass is 379 g/mol. The number of H-pyrrole nitrogens is 1. The first-order valence-electron chi connectivity index (χ1n) is 6.78. The van der Waals surface area contributed by atoms with Crippen molar-refractivity contribution in [1.82, 2.24) is 19.5 Å². The number of carbonyl (C=O) groups excluding carboxylic acids is 1. The summed E-state index contributed by atoms with van der Waals surface area (Å²) in [6.07, 6.45) is 1.32. The fourth-order valence-electron chi connectivity index (χ4n) is 2.14. The first-order valence-corrected chi connectivity index (χ1v) is 6.78. The van der Waals surface area contributed by atoms with Crippen LogP contribution in [0.1, 0.15) is 10.4 Å². The zero-order valence-corrected chi connectivity index (χ0v) is 14.0. The average Bonchev–Trinajstić information content (AvgIpc) is 2.91. The minimum Gasteiger partial charge on any atom is -0.478 e. The summed E-state index contributed by atoms with van der Waals surface area (Å²) < 4.78 is 1.39. The summed E-state index contributed by atoms with van der Waals surface area (Å²) in [5.41, 5.74) is 5.85. The number of hydrogen-bond acceptors (Lipinski definition) is 6. The van der Waals surface area contributed by atoms with Crippen LogP contribution in [0.2, 0.25) is 0 Å². The number of amides is 1. The number of benzene rings is 1. The van der Waals surface area contributed by atoms with Gasteiger partial charge in [-0.15, -0.1) is 0 Å². The summed E-state index contributed by atoms with van der Waals surface area (Å²) in [5, 5.41) is 11.4. The van der Waals surface area contributed by atoms with E-state index in [9.17, 15) is 14.4 Å². The van der Waals surface area contributed by atoms with E-state index in [0.717, 1.165) is 0 Å². The molecule has 0 aliphatic rings. The number of aromatic amines is 1. The van der Waals surface area contributed by atoms with Crippen molar-refractivity contribution in [3.05, 3.63) is 46.5 Å². The minimum atomic E-state index is -1.05. The summed E-state index contributed by atoms with van der Waals surface area (Å²) in [6, 6.07) is 5.72. The molecule has 127 valence electrons. The fraction of sp³-hybridized carbons (Fsp3) is 0.0714. The smallest absolute Gasteiger partial charge is 0.335 e. The number of imidazole rings is 1. The first-order chi connectivity index (χ1) is 11.4. The Bertz CT molecular complexity index is 995. The number of hydrogen-bond donors (Lipinski definition) is 4. The van der Waals surface area contributed by atoms with Gasteiger partial charge >= 0.3 is 5.97 Å². The van der Waals surface area contributed by atoms with Gasteiger partial charge in [-0.1, -0.05) is 0 Å². The molecule has 0 spiro atoms. The predicted octanol–water partition coefficient (Wildman–Crippen LogP) is 0.0362. The van der Waals surface area contributed by atoms with E-state index in [-0.39, 0.29) is 47.8 Å². The molecule has 2 aromatic heterocycles. The summed E-state index contributed by atoms with van der Waals surface area (Å²) in [5.74, 6) is -1.51. The van der Waals surface area contributed by atoms with Gasteiger partial charge in [0.05, 0.1) is 11.9 Å². The number of fused-ring (bicyclic) bond motifs is 1. The van der Waals surface area contributed by atoms with Gasteiger partial charge in [0, 0.05) is 24.2 Å². The number of carboxylic acid groups (broad SMARTS) is 1. The third-order valence-corrected chi connectivity index (χ3v) is 3.22. The average molecular weight is 379 g/mol. The van der Waals surface area contributed by atoms with Crippen LogP contribution in [0.25, 0.3) is 11.2 Å². The van der Waals surface area contributed by atoms with Gasteiger partial charge in [-0.3, -0.25) is 14.6 Å². The predicted molar refractivity (Wildman–Crippen MR) is 84.6 cm³/mol. The molecule has 1 amide bonds. The van der Waals surface area contributed by atoms with Crippen molar-refractivity contribution in [3.8, 4) is 0 Å². The van der Waals surface area contributed by atoms with Crippen LogP contribution in [0.3, 0.4) is 0 Å². The van der Waals surface area contributed by atoms with Gasteiger partial charge in [-0.2, -0.15) is 4.98 Å². The van der Waals surface area contributed by atoms with E-state index < -0.39 is 17.4 Å². The molecule has 0 aliphatic heterocycles. The van der Waals surface area contributed by atoms with Gasteiger partial charge in [0.2, 0.25) is 11.9 Å². The second-order valence-electron chi connectivity index (χ2n) is 4.93. The minimum absolute atomic E-state index is 0. The zero-order chi connectivity index (χ0) is 17.3. The largest absolute Gasteiger partial charge is 0.478 e. The van der Waals surface area contributed by atoms with E-state index in [4.69, 9.17) is 10.8 Å². The molecule has 0 saturated heterocycles. The molecule has 1 aromatic carbocycles. The van der Waals surface area contributed by atoms with Crippen LogP contribution in [-0.4, -0.2) is 36.5 Å². The number of nitrogen functional groups attached to an aromatic ring is 1. The number of carbonyl (C=O) groups is 2. The van der Waals surface area contributed by atoms with Crippen LogP contribution in [-0.2, 0) is 29.9 Å². The molecule has 1 radical (unpaired) electrons. The molecule has 0 aliphatic carbocycles. The van der Waals surface area contributed by atoms with E-state index in [1.54, 1.807) is 0 Å². The Kier molecular flexibility index (Phi) is 5.25. The van der Waals surface area contributed by atoms with Gasteiger partial charge < -0.3 is 20.7 Å². The van der Waals surface area contributed by atoms with E-state index in [1.807, 2.05) is 0 Å². The van der Waals surface area contributed by atoms with Crippen molar-refractivity contribution in [1.29, 1.82) is 0 Å². The molecule has 0 unspecified atom stereocenters. The van der Waals surface area contributed by atoms with Crippen molar-refractivity contribution in [2.24, 2.45) is 0 Å². The Morgan fingerprint density at radius 2 is 1.96 bits per heavy atom. The van der Waals surface area contributed by atoms with Crippen molar-refractivity contribution in [3.63, 3.8) is 0 Å². The van der Waals surface area contributed by atoms with Crippen LogP contribution in [0.4, 0.5) is 11.6 Å². The summed E-state index contributed by atoms with van der Waals surface area (Å²) in [6.45, 7) is -0.132. The normalized spacial score (nSPS) is 10.2. The molecule has 0 saturated carbocycles. The van der Waals surface area contributed by atoms with Crippen molar-refractivity contribution < 1.29 is 33.3 Å². The van der Waals surface area contributed by atoms with Crippen LogP contribution < -0.4 is 16.6 Å². The summed E-state index contributed by atoms with van der Waals surface area (Å²) in [4.78, 5) is 44.7. The van der Waals surface area contributed by atoms with Crippen LogP contribution in [0.15, 0.2) is 35.4 Å². The maximum atomic E-state index is 12.1. The molecule has 0 atom stereocenters. The van der Waals surface area contributed by atoms with Gasteiger partial charge in [0.25, 0.3) is 5.56 Å². The van der Waals surface area contributed by atoms with E-state index in [0.29, 0.717) is 5.69 Å². The van der Waals surface area contributed by atoms with Gasteiger partial charge in [-0.05, 0) is 24.3 Å². The van der Waals surface area contributed by atoms with Crippen molar-refractivity contribution >= 4 is 34.7 Å². The topological polar surface area (TPSA) is 156 Å². The second kappa shape index (κ2) is 7.20. The maximum absolute atomic E-state index is 12.1. The SMILES string of the molecule is Nc1nc2c(ncn2CC(=O)Nc2ccc(C(=O)O)cc2)c(=O)[nH]1.[V]. The van der Waals surface area contributed by atoms with Crippen molar-refractivity contribution in [2.45, 2.75) is 6.54 Å². The molecule has 0 bridgehead atoms. The molecule has 10 nitrogen and oxygen atoms in total. The zero-order valence-electron chi connectivity index (χ0n) is 12.6. The number of anilines is 2. The third-order valence-electron chi connectivity index (χ3n) is 3.22. The standard InChI is InChI=1S/C14H12N6O4.V/c15-14-18-11-10(12(22)19-14)16-6-20(11)5-9(21)17-8-3-1-7(2-4-8)13(23)24;/h1-4,6H,5H2,(H,17,21)(H,23,24)(H3,15,18,19,22);. The number of aromatic carboxylic acids is 1. The van der Waals surface area contributed by atoms with Gasteiger partial charge in [0.15, 0.2) is 11.2 Å². The first kappa shape index (κ1) is 18.2. The molecule has 3 aromatic rings. The Hall–Kier alpha value is -3.11. The number of nitrogens with two attached hydrogens (primary N) is 1. The van der Waals surface area contributed by atoms with Crippen LogP contribution in [0.5, 0.6) is 0 Å². The number of aromatic nitrogens is 4. The Balaban J connectivity index is 0.00000225. The molecule has 5 N–H and O–H groups in total. The summed E-state index contributed by atoms with van der Waals surface area (Å²) in [7, 11) is 0. The number of nitrogens with one attached hydrogen (secondary N) is 2. The van der Waals surface area contributed by atoms with Crippen LogP contribution in [0, 0.1) is 0 Å². The van der Waals surface area contributed by atoms with E-state index in [2.05, 4.69) is 20.3 Å². The van der Waals surface area contributed by atoms with Gasteiger partial charge in [0.1, 0.15) is 6.54 Å². The molecule has 0 fully saturated rings.